The molecule has 196 valence electrons. The predicted molar refractivity (Wildman–Crippen MR) is 141 cm³/mol. The highest BCUT2D eigenvalue weighted by Gasteiger charge is 2.24. The first-order valence-electron chi connectivity index (χ1n) is 12.1. The van der Waals surface area contributed by atoms with Crippen LogP contribution in [0.4, 0.5) is 8.78 Å². The molecule has 0 aliphatic rings. The van der Waals surface area contributed by atoms with E-state index >= 15 is 0 Å². The van der Waals surface area contributed by atoms with Crippen LogP contribution < -0.4 is 15.2 Å². The molecule has 1 unspecified atom stereocenters. The Morgan fingerprint density at radius 3 is 2.53 bits per heavy atom. The lowest BCUT2D eigenvalue weighted by molar-refractivity contribution is 0.0994. The highest BCUT2D eigenvalue weighted by Crippen LogP contribution is 2.36. The highest BCUT2D eigenvalue weighted by atomic mass is 19.2. The van der Waals surface area contributed by atoms with Gasteiger partial charge in [0.25, 0.3) is 5.91 Å². The number of carbonyl (C=O) groups is 1. The predicted octanol–water partition coefficient (Wildman–Crippen LogP) is 5.06. The Hall–Kier alpha value is -4.35. The molecular weight excluding hydrogens is 490 g/mol. The second-order valence-corrected chi connectivity index (χ2v) is 9.13. The Bertz CT molecular complexity index is 1550. The molecule has 0 fully saturated rings. The average molecular weight is 519 g/mol. The molecule has 0 radical (unpaired) electrons. The molecule has 0 aliphatic carbocycles. The first-order valence-corrected chi connectivity index (χ1v) is 12.1. The summed E-state index contributed by atoms with van der Waals surface area (Å²) >= 11 is 0. The molecular formula is C30H28F2N2O4. The van der Waals surface area contributed by atoms with Gasteiger partial charge in [-0.15, -0.1) is 0 Å². The summed E-state index contributed by atoms with van der Waals surface area (Å²) in [7, 11) is 1.55. The van der Waals surface area contributed by atoms with Crippen LogP contribution in [0.25, 0.3) is 10.9 Å². The van der Waals surface area contributed by atoms with Crippen molar-refractivity contribution in [1.82, 2.24) is 4.98 Å². The number of H-pyrrole nitrogens is 1. The smallest absolute Gasteiger partial charge is 0.252 e. The number of carbonyl (C=O) groups excluding carboxylic acids is 1. The molecule has 3 aromatic carbocycles. The van der Waals surface area contributed by atoms with Crippen molar-refractivity contribution in [3.05, 3.63) is 94.2 Å². The summed E-state index contributed by atoms with van der Waals surface area (Å²) in [6.45, 7) is 3.32. The van der Waals surface area contributed by atoms with Gasteiger partial charge < -0.3 is 25.3 Å². The zero-order valence-corrected chi connectivity index (χ0v) is 21.3. The van der Waals surface area contributed by atoms with Crippen molar-refractivity contribution in [2.24, 2.45) is 5.73 Å². The Morgan fingerprint density at radius 2 is 1.84 bits per heavy atom. The van der Waals surface area contributed by atoms with Gasteiger partial charge in [-0.25, -0.2) is 8.78 Å². The molecule has 1 amide bonds. The second-order valence-electron chi connectivity index (χ2n) is 9.13. The van der Waals surface area contributed by atoms with E-state index in [9.17, 15) is 18.7 Å². The van der Waals surface area contributed by atoms with Gasteiger partial charge >= 0.3 is 0 Å². The average Bonchev–Trinajstić information content (AvgIpc) is 3.27. The molecule has 38 heavy (non-hydrogen) atoms. The molecule has 4 N–H and O–H groups in total. The highest BCUT2D eigenvalue weighted by molar-refractivity contribution is 5.96. The number of aromatic amines is 1. The monoisotopic (exact) mass is 518 g/mol. The lowest BCUT2D eigenvalue weighted by atomic mass is 9.88. The van der Waals surface area contributed by atoms with Gasteiger partial charge in [0, 0.05) is 40.2 Å². The van der Waals surface area contributed by atoms with Gasteiger partial charge in [0.15, 0.2) is 11.6 Å². The molecule has 0 spiro atoms. The number of para-hydroxylation sites is 1. The Kier molecular flexibility index (Phi) is 7.99. The topological polar surface area (TPSA) is 97.6 Å². The van der Waals surface area contributed by atoms with Gasteiger partial charge in [-0.1, -0.05) is 24.0 Å². The van der Waals surface area contributed by atoms with Gasteiger partial charge in [0.2, 0.25) is 0 Å². The Morgan fingerprint density at radius 1 is 1.11 bits per heavy atom. The minimum Gasteiger partial charge on any atom is -0.495 e. The molecule has 0 aliphatic heterocycles. The number of rotatable bonds is 8. The number of halogens is 2. The number of methoxy groups -OCH3 is 1. The maximum absolute atomic E-state index is 14.0. The lowest BCUT2D eigenvalue weighted by Crippen LogP contribution is -2.19. The van der Waals surface area contributed by atoms with E-state index in [0.29, 0.717) is 38.9 Å². The van der Waals surface area contributed by atoms with Gasteiger partial charge in [0.1, 0.15) is 11.5 Å². The molecule has 1 aromatic heterocycles. The molecule has 0 saturated heterocycles. The van der Waals surface area contributed by atoms with Gasteiger partial charge in [-0.3, -0.25) is 4.79 Å². The van der Waals surface area contributed by atoms with Crippen LogP contribution in [0, 0.1) is 23.5 Å². The molecule has 8 heteroatoms. The van der Waals surface area contributed by atoms with E-state index < -0.39 is 23.5 Å². The number of benzene rings is 3. The minimum absolute atomic E-state index is 0.131. The fraction of sp³-hybridized carbons (Fsp3) is 0.233. The van der Waals surface area contributed by atoms with Crippen molar-refractivity contribution in [2.75, 3.05) is 13.7 Å². The molecule has 0 saturated carbocycles. The van der Waals surface area contributed by atoms with E-state index in [1.54, 1.807) is 31.5 Å². The third kappa shape index (κ3) is 5.63. The Labute approximate surface area is 219 Å². The van der Waals surface area contributed by atoms with Gasteiger partial charge in [-0.2, -0.15) is 0 Å². The lowest BCUT2D eigenvalue weighted by Gasteiger charge is -2.23. The third-order valence-electron chi connectivity index (χ3n) is 6.12. The minimum atomic E-state index is -0.965. The van der Waals surface area contributed by atoms with E-state index in [-0.39, 0.29) is 30.4 Å². The zero-order valence-electron chi connectivity index (χ0n) is 21.3. The van der Waals surface area contributed by atoms with Crippen molar-refractivity contribution in [3.8, 4) is 23.3 Å². The molecule has 4 aromatic rings. The number of amides is 1. The summed E-state index contributed by atoms with van der Waals surface area (Å²) in [6.07, 6.45) is 1.61. The molecule has 6 nitrogen and oxygen atoms in total. The summed E-state index contributed by atoms with van der Waals surface area (Å²) in [6, 6.07) is 12.8. The zero-order chi connectivity index (χ0) is 27.4. The van der Waals surface area contributed by atoms with Crippen LogP contribution in [0.1, 0.15) is 52.4 Å². The largest absolute Gasteiger partial charge is 0.495 e. The van der Waals surface area contributed by atoms with E-state index in [1.807, 2.05) is 32.0 Å². The normalized spacial score (nSPS) is 11.8. The fourth-order valence-electron chi connectivity index (χ4n) is 4.35. The van der Waals surface area contributed by atoms with Crippen LogP contribution in [0.3, 0.4) is 0 Å². The van der Waals surface area contributed by atoms with Gasteiger partial charge in [-0.05, 0) is 56.2 Å². The van der Waals surface area contributed by atoms with Crippen molar-refractivity contribution in [1.29, 1.82) is 0 Å². The van der Waals surface area contributed by atoms with Crippen LogP contribution in [-0.4, -0.2) is 35.8 Å². The maximum atomic E-state index is 14.0. The number of aromatic nitrogens is 1. The number of hydrogen-bond acceptors (Lipinski definition) is 4. The van der Waals surface area contributed by atoms with Crippen molar-refractivity contribution >= 4 is 16.8 Å². The number of ether oxygens (including phenoxy) is 2. The van der Waals surface area contributed by atoms with Crippen LogP contribution in [-0.2, 0) is 6.42 Å². The van der Waals surface area contributed by atoms with Crippen molar-refractivity contribution in [2.45, 2.75) is 32.3 Å². The SMILES string of the molecule is COc1ccccc1C#Cc1cc(C(N)=O)c(OC(C)C)c(C(CO)Cc2c[nH]c3cc(F)c(F)cc23)c1. The number of aliphatic hydroxyl groups excluding tert-OH is 1. The van der Waals surface area contributed by atoms with Crippen LogP contribution >= 0.6 is 0 Å². The Balaban J connectivity index is 1.84. The van der Waals surface area contributed by atoms with Crippen LogP contribution in [0.2, 0.25) is 0 Å². The number of primary amides is 1. The number of aliphatic hydroxyl groups is 1. The molecule has 0 bridgehead atoms. The molecule has 1 heterocycles. The third-order valence-corrected chi connectivity index (χ3v) is 6.12. The van der Waals surface area contributed by atoms with Crippen molar-refractivity contribution in [3.63, 3.8) is 0 Å². The first kappa shape index (κ1) is 26.7. The number of nitrogens with one attached hydrogen (secondary N) is 1. The summed E-state index contributed by atoms with van der Waals surface area (Å²) in [4.78, 5) is 15.4. The van der Waals surface area contributed by atoms with E-state index in [1.165, 1.54) is 0 Å². The number of fused-ring (bicyclic) bond motifs is 1. The summed E-state index contributed by atoms with van der Waals surface area (Å²) in [5.41, 5.74) is 8.64. The van der Waals surface area contributed by atoms with E-state index in [4.69, 9.17) is 15.2 Å². The van der Waals surface area contributed by atoms with Gasteiger partial charge in [0.05, 0.1) is 30.9 Å². The summed E-state index contributed by atoms with van der Waals surface area (Å²) < 4.78 is 39.1. The molecule has 4 rings (SSSR count). The number of hydrogen-bond donors (Lipinski definition) is 3. The fourth-order valence-corrected chi connectivity index (χ4v) is 4.35. The second kappa shape index (κ2) is 11.4. The van der Waals surface area contributed by atoms with E-state index in [0.717, 1.165) is 12.1 Å². The first-order chi connectivity index (χ1) is 18.2. The van der Waals surface area contributed by atoms with E-state index in [2.05, 4.69) is 16.8 Å². The quantitative estimate of drug-likeness (QED) is 0.284. The molecule has 1 atom stereocenters. The summed E-state index contributed by atoms with van der Waals surface area (Å²) in [5.74, 6) is 3.79. The number of nitrogens with two attached hydrogens (primary N) is 1. The maximum Gasteiger partial charge on any atom is 0.252 e. The standard InChI is InChI=1S/C30H28F2N2O4/c1-17(2)38-29-23(21(16-35)12-20-15-34-27-14-26(32)25(31)13-22(20)27)10-18(11-24(29)30(33)36)8-9-19-6-4-5-7-28(19)37-3/h4-7,10-11,13-15,17,21,34-35H,12,16H2,1-3H3,(H2,33,36). The van der Waals surface area contributed by atoms with Crippen LogP contribution in [0.15, 0.2) is 54.7 Å². The van der Waals surface area contributed by atoms with Crippen molar-refractivity contribution < 1.29 is 28.2 Å². The van der Waals surface area contributed by atoms with Crippen LogP contribution in [0.5, 0.6) is 11.5 Å². The summed E-state index contributed by atoms with van der Waals surface area (Å²) in [5, 5.41) is 10.9.